The summed E-state index contributed by atoms with van der Waals surface area (Å²) in [5.74, 6) is 0. The molecule has 0 aliphatic carbocycles. The first-order chi connectivity index (χ1) is 2.91. The summed E-state index contributed by atoms with van der Waals surface area (Å²) >= 11 is 0. The summed E-state index contributed by atoms with van der Waals surface area (Å²) in [5.41, 5.74) is 0. The van der Waals surface area contributed by atoms with Crippen molar-refractivity contribution in [2.75, 3.05) is 7.18 Å². The highest BCUT2D eigenvalue weighted by molar-refractivity contribution is 4.93. The van der Waals surface area contributed by atoms with Gasteiger partial charge >= 0.3 is 0 Å². The van der Waals surface area contributed by atoms with Crippen LogP contribution in [0.4, 0.5) is 4.39 Å². The predicted octanol–water partition coefficient (Wildman–Crippen LogP) is 1.28. The monoisotopic (exact) mass is 87.0 g/mol. The molecule has 0 aromatic carbocycles. The van der Waals surface area contributed by atoms with Crippen molar-refractivity contribution in [2.24, 2.45) is 0 Å². The lowest BCUT2D eigenvalue weighted by Crippen LogP contribution is -1.23. The van der Waals surface area contributed by atoms with Gasteiger partial charge in [-0.15, -0.1) is 0 Å². The van der Waals surface area contributed by atoms with Crippen molar-refractivity contribution < 1.29 is 4.39 Å². The van der Waals surface area contributed by atoms with Crippen LogP contribution in [-0.4, -0.2) is 7.18 Å². The summed E-state index contributed by atoms with van der Waals surface area (Å²) in [6.07, 6.45) is 1.18. The van der Waals surface area contributed by atoms with Crippen LogP contribution in [0.2, 0.25) is 0 Å². The smallest absolute Gasteiger partial charge is 0.0905 e. The van der Waals surface area contributed by atoms with Crippen LogP contribution in [-0.2, 0) is 0 Å². The number of hydrogen-bond acceptors (Lipinski definition) is 1. The molecule has 34 valence electrons. The topological polar surface area (TPSA) is 23.8 Å². The number of allylic oxidation sites excluding steroid dienone is 1. The van der Waals surface area contributed by atoms with E-state index < -0.39 is 0 Å². The average molecular weight is 87.1 g/mol. The van der Waals surface area contributed by atoms with Crippen LogP contribution in [0.3, 0.4) is 0 Å². The van der Waals surface area contributed by atoms with Crippen LogP contribution in [0.15, 0.2) is 12.7 Å². The van der Waals surface area contributed by atoms with Gasteiger partial charge in [-0.3, -0.25) is 4.39 Å². The Balaban J connectivity index is 0. The molecule has 0 aliphatic rings. The second-order valence-electron chi connectivity index (χ2n) is 0.333. The van der Waals surface area contributed by atoms with E-state index in [0.717, 1.165) is 0 Å². The van der Waals surface area contributed by atoms with Crippen molar-refractivity contribution in [1.82, 2.24) is 0 Å². The maximum absolute atomic E-state index is 9.50. The largest absolute Gasteiger partial charge is 0.255 e. The van der Waals surface area contributed by atoms with Crippen LogP contribution in [0, 0.1) is 11.3 Å². The van der Waals surface area contributed by atoms with Crippen molar-refractivity contribution in [3.05, 3.63) is 12.7 Å². The second kappa shape index (κ2) is 30.9. The molecule has 0 unspecified atom stereocenters. The van der Waals surface area contributed by atoms with Crippen LogP contribution in [0.25, 0.3) is 0 Å². The molecule has 0 aromatic rings. The first kappa shape index (κ1) is 8.94. The first-order valence-corrected chi connectivity index (χ1v) is 1.30. The van der Waals surface area contributed by atoms with E-state index in [4.69, 9.17) is 5.26 Å². The van der Waals surface area contributed by atoms with Gasteiger partial charge in [-0.05, 0) is 0 Å². The molecule has 0 heterocycles. The fourth-order valence-corrected chi connectivity index (χ4v) is 0. The highest BCUT2D eigenvalue weighted by atomic mass is 19.1. The summed E-state index contributed by atoms with van der Waals surface area (Å²) in [7, 11) is 0.500. The van der Waals surface area contributed by atoms with E-state index in [2.05, 4.69) is 6.58 Å². The molecule has 0 saturated heterocycles. The average Bonchev–Trinajstić information content (AvgIpc) is 1.72. The number of alkyl halides is 1. The lowest BCUT2D eigenvalue weighted by molar-refractivity contribution is 0.636. The molecule has 0 radical (unpaired) electrons. The molecule has 0 aromatic heterocycles. The summed E-state index contributed by atoms with van der Waals surface area (Å²) in [4.78, 5) is 0. The van der Waals surface area contributed by atoms with Gasteiger partial charge in [0.1, 0.15) is 0 Å². The number of hydrogen-bond donors (Lipinski definition) is 0. The van der Waals surface area contributed by atoms with E-state index in [1.165, 1.54) is 6.08 Å². The molecule has 1 nitrogen and oxygen atoms in total. The minimum atomic E-state index is 0.500. The van der Waals surface area contributed by atoms with Gasteiger partial charge in [-0.2, -0.15) is 5.26 Å². The summed E-state index contributed by atoms with van der Waals surface area (Å²) in [6.45, 7) is 3.12. The molecule has 0 aliphatic heterocycles. The Morgan fingerprint density at radius 1 is 1.83 bits per heavy atom. The number of halogens is 1. The van der Waals surface area contributed by atoms with Crippen molar-refractivity contribution in [1.29, 1.82) is 5.26 Å². The molecule has 0 fully saturated rings. The second-order valence-corrected chi connectivity index (χ2v) is 0.333. The van der Waals surface area contributed by atoms with E-state index in [9.17, 15) is 4.39 Å². The zero-order chi connectivity index (χ0) is 5.41. The fourth-order valence-electron chi connectivity index (χ4n) is 0. The zero-order valence-electron chi connectivity index (χ0n) is 3.61. The van der Waals surface area contributed by atoms with E-state index in [-0.39, 0.29) is 0 Å². The number of nitrogens with zero attached hydrogens (tertiary/aromatic N) is 1. The van der Waals surface area contributed by atoms with Gasteiger partial charge in [0.15, 0.2) is 0 Å². The molecular formula is C4H6FN. The van der Waals surface area contributed by atoms with Gasteiger partial charge in [0.05, 0.1) is 13.2 Å². The van der Waals surface area contributed by atoms with Gasteiger partial charge in [0.25, 0.3) is 0 Å². The Morgan fingerprint density at radius 3 is 2.00 bits per heavy atom. The van der Waals surface area contributed by atoms with Gasteiger partial charge < -0.3 is 0 Å². The molecular weight excluding hydrogens is 81.0 g/mol. The Kier molecular flexibility index (Phi) is 46.0. The lowest BCUT2D eigenvalue weighted by atomic mass is 10.8. The molecule has 0 bridgehead atoms. The molecule has 2 heteroatoms. The van der Waals surface area contributed by atoms with E-state index in [1.54, 1.807) is 6.07 Å². The third-order valence-corrected chi connectivity index (χ3v) is 0.0913. The number of rotatable bonds is 0. The molecule has 0 rings (SSSR count). The minimum Gasteiger partial charge on any atom is -0.255 e. The minimum absolute atomic E-state index is 0.500. The molecule has 0 amide bonds. The SMILES string of the molecule is C=CC#N.CF. The summed E-state index contributed by atoms with van der Waals surface area (Å²) < 4.78 is 9.50. The lowest BCUT2D eigenvalue weighted by Gasteiger charge is -1.31. The molecule has 0 spiro atoms. The van der Waals surface area contributed by atoms with Crippen LogP contribution < -0.4 is 0 Å². The first-order valence-electron chi connectivity index (χ1n) is 1.30. The third kappa shape index (κ3) is 576. The van der Waals surface area contributed by atoms with Crippen molar-refractivity contribution in [2.45, 2.75) is 0 Å². The Morgan fingerprint density at radius 2 is 2.00 bits per heavy atom. The molecule has 0 N–H and O–H groups in total. The van der Waals surface area contributed by atoms with Crippen LogP contribution in [0.5, 0.6) is 0 Å². The van der Waals surface area contributed by atoms with Crippen molar-refractivity contribution in [3.63, 3.8) is 0 Å². The van der Waals surface area contributed by atoms with Gasteiger partial charge in [0, 0.05) is 6.08 Å². The summed E-state index contributed by atoms with van der Waals surface area (Å²) in [6, 6.07) is 1.69. The highest BCUT2D eigenvalue weighted by Crippen LogP contribution is 1.41. The van der Waals surface area contributed by atoms with Gasteiger partial charge in [-0.1, -0.05) is 6.58 Å². The zero-order valence-corrected chi connectivity index (χ0v) is 3.61. The van der Waals surface area contributed by atoms with Crippen molar-refractivity contribution in [3.8, 4) is 6.07 Å². The van der Waals surface area contributed by atoms with Crippen molar-refractivity contribution >= 4 is 0 Å². The quantitative estimate of drug-likeness (QED) is 0.408. The third-order valence-electron chi connectivity index (χ3n) is 0.0913. The maximum Gasteiger partial charge on any atom is 0.0905 e. The highest BCUT2D eigenvalue weighted by Gasteiger charge is 1.34. The summed E-state index contributed by atoms with van der Waals surface area (Å²) in [5, 5.41) is 7.51. The Bertz CT molecular complexity index is 53.1. The Hall–Kier alpha value is -0.840. The Labute approximate surface area is 36.7 Å². The molecule has 0 saturated carbocycles. The fraction of sp³-hybridized carbons (Fsp3) is 0.250. The van der Waals surface area contributed by atoms with E-state index in [1.807, 2.05) is 0 Å². The molecule has 6 heavy (non-hydrogen) atoms. The van der Waals surface area contributed by atoms with Gasteiger partial charge in [-0.25, -0.2) is 0 Å². The van der Waals surface area contributed by atoms with E-state index in [0.29, 0.717) is 7.18 Å². The van der Waals surface area contributed by atoms with Crippen LogP contribution >= 0.6 is 0 Å². The van der Waals surface area contributed by atoms with Gasteiger partial charge in [0.2, 0.25) is 0 Å². The molecule has 0 atom stereocenters. The number of nitriles is 1. The van der Waals surface area contributed by atoms with E-state index >= 15 is 0 Å². The maximum atomic E-state index is 9.50. The standard InChI is InChI=1S/C3H3N.CH3F/c1-2-3-4;1-2/h2H,1H2;1H3. The van der Waals surface area contributed by atoms with Crippen LogP contribution in [0.1, 0.15) is 0 Å². The normalized spacial score (nSPS) is 3.50. The predicted molar refractivity (Wildman–Crippen MR) is 22.8 cm³/mol.